The molecule has 3 nitrogen and oxygen atoms in total. The molecule has 1 heterocycles. The van der Waals surface area contributed by atoms with E-state index in [1.54, 1.807) is 0 Å². The first-order valence-corrected chi connectivity index (χ1v) is 4.89. The first kappa shape index (κ1) is 10.7. The molecule has 0 spiro atoms. The maximum atomic E-state index is 11.4. The molecule has 1 saturated heterocycles. The van der Waals surface area contributed by atoms with E-state index in [2.05, 4.69) is 0 Å². The molecule has 0 amide bonds. The molecular formula is C10H18O3. The van der Waals surface area contributed by atoms with Gasteiger partial charge < -0.3 is 9.47 Å². The van der Waals surface area contributed by atoms with Crippen molar-refractivity contribution in [3.05, 3.63) is 0 Å². The normalized spacial score (nSPS) is 33.6. The Kier molecular flexibility index (Phi) is 3.45. The zero-order valence-electron chi connectivity index (χ0n) is 8.63. The van der Waals surface area contributed by atoms with Gasteiger partial charge in [0.1, 0.15) is 5.78 Å². The molecule has 0 aromatic rings. The Morgan fingerprint density at radius 3 is 2.77 bits per heavy atom. The molecule has 0 aromatic heterocycles. The summed E-state index contributed by atoms with van der Waals surface area (Å²) in [6.45, 7) is 6.38. The van der Waals surface area contributed by atoms with E-state index in [0.717, 1.165) is 6.42 Å². The predicted octanol–water partition coefficient (Wildman–Crippen LogP) is 1.90. The molecule has 3 heteroatoms. The molecule has 0 bridgehead atoms. The highest BCUT2D eigenvalue weighted by Crippen LogP contribution is 2.27. The van der Waals surface area contributed by atoms with Crippen molar-refractivity contribution in [3.8, 4) is 0 Å². The van der Waals surface area contributed by atoms with Crippen LogP contribution in [-0.4, -0.2) is 24.3 Å². The highest BCUT2D eigenvalue weighted by molar-refractivity contribution is 5.79. The summed E-state index contributed by atoms with van der Waals surface area (Å²) >= 11 is 0. The van der Waals surface area contributed by atoms with Gasteiger partial charge in [-0.2, -0.15) is 0 Å². The second-order valence-electron chi connectivity index (χ2n) is 3.84. The van der Waals surface area contributed by atoms with E-state index >= 15 is 0 Å². The summed E-state index contributed by atoms with van der Waals surface area (Å²) in [5, 5.41) is 0. The molecule has 2 atom stereocenters. The van der Waals surface area contributed by atoms with Crippen molar-refractivity contribution in [2.75, 3.05) is 6.61 Å². The second kappa shape index (κ2) is 4.20. The third kappa shape index (κ3) is 3.08. The highest BCUT2D eigenvalue weighted by atomic mass is 16.7. The number of ether oxygens (including phenoxy) is 2. The van der Waals surface area contributed by atoms with Gasteiger partial charge in [-0.1, -0.05) is 6.92 Å². The molecule has 1 aliphatic heterocycles. The Hall–Kier alpha value is -0.410. The van der Waals surface area contributed by atoms with E-state index in [0.29, 0.717) is 19.4 Å². The van der Waals surface area contributed by atoms with Crippen LogP contribution >= 0.6 is 0 Å². The third-order valence-corrected chi connectivity index (χ3v) is 2.12. The number of hydrogen-bond donors (Lipinski definition) is 0. The predicted molar refractivity (Wildman–Crippen MR) is 49.4 cm³/mol. The largest absolute Gasteiger partial charge is 0.347 e. The van der Waals surface area contributed by atoms with Crippen molar-refractivity contribution < 1.29 is 14.3 Å². The minimum atomic E-state index is -0.661. The number of hydrogen-bond acceptors (Lipinski definition) is 3. The number of Topliss-reactive ketones (excluding diaryl/α,β-unsaturated/α-hetero) is 1. The summed E-state index contributed by atoms with van der Waals surface area (Å²) in [5.41, 5.74) is 0. The molecule has 0 N–H and O–H groups in total. The first-order valence-electron chi connectivity index (χ1n) is 4.89. The van der Waals surface area contributed by atoms with Gasteiger partial charge in [-0.05, 0) is 20.3 Å². The van der Waals surface area contributed by atoms with Crippen LogP contribution in [-0.2, 0) is 14.3 Å². The Labute approximate surface area is 79.4 Å². The zero-order valence-corrected chi connectivity index (χ0v) is 8.63. The van der Waals surface area contributed by atoms with E-state index < -0.39 is 5.79 Å². The van der Waals surface area contributed by atoms with Gasteiger partial charge in [0.15, 0.2) is 5.79 Å². The minimum Gasteiger partial charge on any atom is -0.347 e. The van der Waals surface area contributed by atoms with E-state index in [9.17, 15) is 4.79 Å². The van der Waals surface area contributed by atoms with Gasteiger partial charge in [0, 0.05) is 6.42 Å². The number of carbonyl (C=O) groups excluding carboxylic acids is 1. The SMILES string of the molecule is CCCC(=O)CC1(C)OCC(C)O1. The lowest BCUT2D eigenvalue weighted by Crippen LogP contribution is -2.29. The molecule has 13 heavy (non-hydrogen) atoms. The quantitative estimate of drug-likeness (QED) is 0.672. The molecule has 1 aliphatic rings. The van der Waals surface area contributed by atoms with Crippen molar-refractivity contribution in [2.24, 2.45) is 0 Å². The van der Waals surface area contributed by atoms with Crippen LogP contribution in [0.3, 0.4) is 0 Å². The summed E-state index contributed by atoms with van der Waals surface area (Å²) in [4.78, 5) is 11.4. The van der Waals surface area contributed by atoms with E-state index in [1.165, 1.54) is 0 Å². The van der Waals surface area contributed by atoms with Crippen LogP contribution in [0.25, 0.3) is 0 Å². The Balaban J connectivity index is 2.39. The van der Waals surface area contributed by atoms with Gasteiger partial charge >= 0.3 is 0 Å². The third-order valence-electron chi connectivity index (χ3n) is 2.12. The molecule has 0 aromatic carbocycles. The lowest BCUT2D eigenvalue weighted by Gasteiger charge is -2.21. The van der Waals surface area contributed by atoms with Gasteiger partial charge in [-0.15, -0.1) is 0 Å². The molecule has 1 rings (SSSR count). The van der Waals surface area contributed by atoms with E-state index in [-0.39, 0.29) is 11.9 Å². The fraction of sp³-hybridized carbons (Fsp3) is 0.900. The molecule has 1 fully saturated rings. The zero-order chi connectivity index (χ0) is 9.90. The van der Waals surface area contributed by atoms with Crippen LogP contribution in [0.5, 0.6) is 0 Å². The highest BCUT2D eigenvalue weighted by Gasteiger charge is 2.36. The van der Waals surface area contributed by atoms with Crippen LogP contribution in [0.1, 0.15) is 40.0 Å². The summed E-state index contributed by atoms with van der Waals surface area (Å²) in [6.07, 6.45) is 2.01. The Morgan fingerprint density at radius 2 is 2.31 bits per heavy atom. The Morgan fingerprint density at radius 1 is 1.62 bits per heavy atom. The van der Waals surface area contributed by atoms with Crippen LogP contribution in [0.2, 0.25) is 0 Å². The maximum absolute atomic E-state index is 11.4. The monoisotopic (exact) mass is 186 g/mol. The Bertz CT molecular complexity index is 191. The molecule has 0 aliphatic carbocycles. The van der Waals surface area contributed by atoms with Gasteiger partial charge in [0.25, 0.3) is 0 Å². The van der Waals surface area contributed by atoms with Crippen molar-refractivity contribution in [2.45, 2.75) is 51.9 Å². The topological polar surface area (TPSA) is 35.5 Å². The average molecular weight is 186 g/mol. The number of rotatable bonds is 4. The standard InChI is InChI=1S/C10H18O3/c1-4-5-9(11)6-10(3)12-7-8(2)13-10/h8H,4-7H2,1-3H3. The van der Waals surface area contributed by atoms with Gasteiger partial charge in [-0.3, -0.25) is 4.79 Å². The summed E-state index contributed by atoms with van der Waals surface area (Å²) in [7, 11) is 0. The van der Waals surface area contributed by atoms with Crippen LogP contribution in [0, 0.1) is 0 Å². The lowest BCUT2D eigenvalue weighted by molar-refractivity contribution is -0.164. The number of carbonyl (C=O) groups is 1. The maximum Gasteiger partial charge on any atom is 0.172 e. The van der Waals surface area contributed by atoms with Gasteiger partial charge in [0.2, 0.25) is 0 Å². The van der Waals surface area contributed by atoms with Crippen LogP contribution < -0.4 is 0 Å². The summed E-state index contributed by atoms with van der Waals surface area (Å²) in [5.74, 6) is -0.440. The smallest absolute Gasteiger partial charge is 0.172 e. The van der Waals surface area contributed by atoms with Crippen molar-refractivity contribution in [3.63, 3.8) is 0 Å². The van der Waals surface area contributed by atoms with Crippen molar-refractivity contribution in [1.82, 2.24) is 0 Å². The van der Waals surface area contributed by atoms with Gasteiger partial charge in [0.05, 0.1) is 19.1 Å². The molecule has 76 valence electrons. The fourth-order valence-corrected chi connectivity index (χ4v) is 1.61. The average Bonchev–Trinajstić information content (AvgIpc) is 2.30. The first-order chi connectivity index (χ1) is 6.06. The lowest BCUT2D eigenvalue weighted by atomic mass is 10.1. The molecule has 2 unspecified atom stereocenters. The minimum absolute atomic E-state index is 0.111. The molecular weight excluding hydrogens is 168 g/mol. The molecule has 0 saturated carbocycles. The summed E-state index contributed by atoms with van der Waals surface area (Å²) < 4.78 is 10.9. The van der Waals surface area contributed by atoms with Crippen molar-refractivity contribution >= 4 is 5.78 Å². The number of ketones is 1. The summed E-state index contributed by atoms with van der Waals surface area (Å²) in [6, 6.07) is 0. The molecule has 0 radical (unpaired) electrons. The van der Waals surface area contributed by atoms with Crippen molar-refractivity contribution in [1.29, 1.82) is 0 Å². The van der Waals surface area contributed by atoms with Gasteiger partial charge in [-0.25, -0.2) is 0 Å². The van der Waals surface area contributed by atoms with E-state index in [4.69, 9.17) is 9.47 Å². The van der Waals surface area contributed by atoms with Crippen LogP contribution in [0.15, 0.2) is 0 Å². The fourth-order valence-electron chi connectivity index (χ4n) is 1.61. The van der Waals surface area contributed by atoms with E-state index in [1.807, 2.05) is 20.8 Å². The van der Waals surface area contributed by atoms with Crippen LogP contribution in [0.4, 0.5) is 0 Å². The second-order valence-corrected chi connectivity index (χ2v) is 3.84.